The SMILES string of the molecule is Cc1noc(C)c1CC(=O)NCCc1ccc(Cl)cc1. The number of amides is 1. The topological polar surface area (TPSA) is 55.1 Å². The van der Waals surface area contributed by atoms with E-state index >= 15 is 0 Å². The molecule has 0 saturated heterocycles. The molecule has 0 spiro atoms. The number of carbonyl (C=O) groups is 1. The number of nitrogens with one attached hydrogen (secondary N) is 1. The van der Waals surface area contributed by atoms with Crippen molar-refractivity contribution in [2.75, 3.05) is 6.54 Å². The molecule has 5 heteroatoms. The van der Waals surface area contributed by atoms with Crippen molar-refractivity contribution < 1.29 is 9.32 Å². The van der Waals surface area contributed by atoms with Crippen LogP contribution in [0.4, 0.5) is 0 Å². The van der Waals surface area contributed by atoms with Gasteiger partial charge < -0.3 is 9.84 Å². The zero-order valence-electron chi connectivity index (χ0n) is 11.6. The molecule has 1 N–H and O–H groups in total. The van der Waals surface area contributed by atoms with Crippen LogP contribution in [-0.2, 0) is 17.6 Å². The molecule has 0 aliphatic rings. The Balaban J connectivity index is 1.80. The summed E-state index contributed by atoms with van der Waals surface area (Å²) in [5.41, 5.74) is 2.79. The molecule has 4 nitrogen and oxygen atoms in total. The second kappa shape index (κ2) is 6.57. The summed E-state index contributed by atoms with van der Waals surface area (Å²) < 4.78 is 5.04. The van der Waals surface area contributed by atoms with Crippen molar-refractivity contribution in [3.63, 3.8) is 0 Å². The van der Waals surface area contributed by atoms with Crippen molar-refractivity contribution in [3.05, 3.63) is 51.9 Å². The fourth-order valence-electron chi connectivity index (χ4n) is 1.97. The highest BCUT2D eigenvalue weighted by Gasteiger charge is 2.12. The van der Waals surface area contributed by atoms with Gasteiger partial charge in [-0.05, 0) is 38.0 Å². The molecule has 2 rings (SSSR count). The molecule has 0 fully saturated rings. The van der Waals surface area contributed by atoms with E-state index < -0.39 is 0 Å². The van der Waals surface area contributed by atoms with E-state index in [1.54, 1.807) is 0 Å². The third-order valence-electron chi connectivity index (χ3n) is 3.17. The number of nitrogens with zero attached hydrogens (tertiary/aromatic N) is 1. The minimum atomic E-state index is -0.0200. The van der Waals surface area contributed by atoms with E-state index in [0.29, 0.717) is 18.7 Å². The van der Waals surface area contributed by atoms with E-state index in [1.165, 1.54) is 0 Å². The van der Waals surface area contributed by atoms with Crippen LogP contribution in [0.15, 0.2) is 28.8 Å². The zero-order valence-corrected chi connectivity index (χ0v) is 12.3. The fourth-order valence-corrected chi connectivity index (χ4v) is 2.10. The molecular formula is C15H17ClN2O2. The van der Waals surface area contributed by atoms with Gasteiger partial charge in [0.15, 0.2) is 0 Å². The highest BCUT2D eigenvalue weighted by molar-refractivity contribution is 6.30. The first-order valence-electron chi connectivity index (χ1n) is 6.49. The van der Waals surface area contributed by atoms with Crippen molar-refractivity contribution >= 4 is 17.5 Å². The van der Waals surface area contributed by atoms with E-state index in [4.69, 9.17) is 16.1 Å². The minimum Gasteiger partial charge on any atom is -0.361 e. The molecule has 0 aliphatic heterocycles. The summed E-state index contributed by atoms with van der Waals surface area (Å²) in [5, 5.41) is 7.45. The summed E-state index contributed by atoms with van der Waals surface area (Å²) in [7, 11) is 0. The van der Waals surface area contributed by atoms with Crippen LogP contribution in [0, 0.1) is 13.8 Å². The molecule has 20 heavy (non-hydrogen) atoms. The maximum Gasteiger partial charge on any atom is 0.224 e. The molecule has 1 amide bonds. The van der Waals surface area contributed by atoms with E-state index in [2.05, 4.69) is 10.5 Å². The first-order chi connectivity index (χ1) is 9.56. The molecule has 1 heterocycles. The van der Waals surface area contributed by atoms with Crippen molar-refractivity contribution in [1.82, 2.24) is 10.5 Å². The molecule has 0 saturated carbocycles. The van der Waals surface area contributed by atoms with Crippen molar-refractivity contribution in [2.24, 2.45) is 0 Å². The monoisotopic (exact) mass is 292 g/mol. The Hall–Kier alpha value is -1.81. The average Bonchev–Trinajstić information content (AvgIpc) is 2.73. The second-order valence-electron chi connectivity index (χ2n) is 4.71. The van der Waals surface area contributed by atoms with E-state index in [-0.39, 0.29) is 5.91 Å². The van der Waals surface area contributed by atoms with E-state index in [1.807, 2.05) is 38.1 Å². The van der Waals surface area contributed by atoms with Crippen LogP contribution in [0.2, 0.25) is 5.02 Å². The highest BCUT2D eigenvalue weighted by atomic mass is 35.5. The predicted octanol–water partition coefficient (Wildman–Crippen LogP) is 2.85. The summed E-state index contributed by atoms with van der Waals surface area (Å²) in [6.45, 7) is 4.26. The van der Waals surface area contributed by atoms with Crippen molar-refractivity contribution in [1.29, 1.82) is 0 Å². The fraction of sp³-hybridized carbons (Fsp3) is 0.333. The Kier molecular flexibility index (Phi) is 4.79. The van der Waals surface area contributed by atoms with E-state index in [9.17, 15) is 4.79 Å². The maximum absolute atomic E-state index is 11.9. The number of halogens is 1. The van der Waals surface area contributed by atoms with Crippen molar-refractivity contribution in [2.45, 2.75) is 26.7 Å². The van der Waals surface area contributed by atoms with Gasteiger partial charge in [-0.25, -0.2) is 0 Å². The lowest BCUT2D eigenvalue weighted by Gasteiger charge is -2.05. The lowest BCUT2D eigenvalue weighted by molar-refractivity contribution is -0.120. The molecule has 0 bridgehead atoms. The molecule has 1 aromatic heterocycles. The van der Waals surface area contributed by atoms with Gasteiger partial charge in [-0.2, -0.15) is 0 Å². The average molecular weight is 293 g/mol. The zero-order chi connectivity index (χ0) is 14.5. The number of hydrogen-bond acceptors (Lipinski definition) is 3. The summed E-state index contributed by atoms with van der Waals surface area (Å²) in [6, 6.07) is 7.62. The van der Waals surface area contributed by atoms with Gasteiger partial charge in [0.1, 0.15) is 5.76 Å². The standard InChI is InChI=1S/C15H17ClN2O2/c1-10-14(11(2)20-18-10)9-15(19)17-8-7-12-3-5-13(16)6-4-12/h3-6H,7-9H2,1-2H3,(H,17,19). The summed E-state index contributed by atoms with van der Waals surface area (Å²) >= 11 is 5.82. The Morgan fingerprint density at radius 3 is 2.60 bits per heavy atom. The molecule has 0 atom stereocenters. The Bertz CT molecular complexity index is 571. The predicted molar refractivity (Wildman–Crippen MR) is 77.8 cm³/mol. The van der Waals surface area contributed by atoms with Crippen LogP contribution in [0.3, 0.4) is 0 Å². The van der Waals surface area contributed by atoms with Crippen LogP contribution in [-0.4, -0.2) is 17.6 Å². The molecule has 0 radical (unpaired) electrons. The summed E-state index contributed by atoms with van der Waals surface area (Å²) in [5.74, 6) is 0.684. The Morgan fingerprint density at radius 2 is 2.00 bits per heavy atom. The van der Waals surface area contributed by atoms with Gasteiger partial charge in [-0.1, -0.05) is 28.9 Å². The molecule has 106 valence electrons. The third-order valence-corrected chi connectivity index (χ3v) is 3.42. The largest absolute Gasteiger partial charge is 0.361 e. The van der Waals surface area contributed by atoms with Crippen LogP contribution in [0.25, 0.3) is 0 Å². The van der Waals surface area contributed by atoms with Gasteiger partial charge in [-0.15, -0.1) is 0 Å². The number of aromatic nitrogens is 1. The quantitative estimate of drug-likeness (QED) is 0.922. The van der Waals surface area contributed by atoms with Gasteiger partial charge in [0.05, 0.1) is 12.1 Å². The first kappa shape index (κ1) is 14.6. The number of aryl methyl sites for hydroxylation is 2. The number of hydrogen-bond donors (Lipinski definition) is 1. The van der Waals surface area contributed by atoms with Crippen LogP contribution in [0.1, 0.15) is 22.6 Å². The minimum absolute atomic E-state index is 0.0200. The Labute approximate surface area is 123 Å². The van der Waals surface area contributed by atoms with E-state index in [0.717, 1.165) is 28.3 Å². The summed E-state index contributed by atoms with van der Waals surface area (Å²) in [6.07, 6.45) is 1.09. The number of carbonyl (C=O) groups excluding carboxylic acids is 1. The Morgan fingerprint density at radius 1 is 1.30 bits per heavy atom. The molecule has 2 aromatic rings. The van der Waals surface area contributed by atoms with Gasteiger partial charge in [0.25, 0.3) is 0 Å². The first-order valence-corrected chi connectivity index (χ1v) is 6.87. The maximum atomic E-state index is 11.9. The number of rotatable bonds is 5. The van der Waals surface area contributed by atoms with Gasteiger partial charge in [0.2, 0.25) is 5.91 Å². The highest BCUT2D eigenvalue weighted by Crippen LogP contribution is 2.13. The second-order valence-corrected chi connectivity index (χ2v) is 5.14. The smallest absolute Gasteiger partial charge is 0.224 e. The lowest BCUT2D eigenvalue weighted by Crippen LogP contribution is -2.27. The summed E-state index contributed by atoms with van der Waals surface area (Å²) in [4.78, 5) is 11.9. The molecule has 0 unspecified atom stereocenters. The van der Waals surface area contributed by atoms with Crippen LogP contribution >= 0.6 is 11.6 Å². The number of benzene rings is 1. The third kappa shape index (κ3) is 3.84. The van der Waals surface area contributed by atoms with Crippen LogP contribution in [0.5, 0.6) is 0 Å². The normalized spacial score (nSPS) is 10.6. The van der Waals surface area contributed by atoms with Gasteiger partial charge in [-0.3, -0.25) is 4.79 Å². The van der Waals surface area contributed by atoms with Gasteiger partial charge >= 0.3 is 0 Å². The molecule has 0 aliphatic carbocycles. The van der Waals surface area contributed by atoms with Crippen molar-refractivity contribution in [3.8, 4) is 0 Å². The van der Waals surface area contributed by atoms with Crippen LogP contribution < -0.4 is 5.32 Å². The van der Waals surface area contributed by atoms with Gasteiger partial charge in [0, 0.05) is 17.1 Å². The lowest BCUT2D eigenvalue weighted by atomic mass is 10.1. The molecular weight excluding hydrogens is 276 g/mol. The molecule has 1 aromatic carbocycles.